The molecule has 0 bridgehead atoms. The van der Waals surface area contributed by atoms with E-state index in [0.717, 1.165) is 39.1 Å². The number of nitrogens with two attached hydrogens (primary N) is 1. The topological polar surface area (TPSA) is 60.2 Å². The van der Waals surface area contributed by atoms with Crippen molar-refractivity contribution in [2.75, 3.05) is 18.2 Å². The van der Waals surface area contributed by atoms with Crippen molar-refractivity contribution >= 4 is 27.8 Å². The molecule has 4 nitrogen and oxygen atoms in total. The first-order valence-electron chi connectivity index (χ1n) is 6.89. The van der Waals surface area contributed by atoms with Gasteiger partial charge in [-0.05, 0) is 36.8 Å². The first kappa shape index (κ1) is 14.4. The Hall–Kier alpha value is -2.53. The van der Waals surface area contributed by atoms with Gasteiger partial charge in [0, 0.05) is 16.6 Å². The number of nitrogens with one attached hydrogen (secondary N) is 1. The molecule has 0 amide bonds. The van der Waals surface area contributed by atoms with Gasteiger partial charge in [-0.3, -0.25) is 0 Å². The average Bonchev–Trinajstić information content (AvgIpc) is 2.96. The Morgan fingerprint density at radius 3 is 2.82 bits per heavy atom. The van der Waals surface area contributed by atoms with Crippen molar-refractivity contribution in [2.45, 2.75) is 6.92 Å². The van der Waals surface area contributed by atoms with E-state index >= 15 is 0 Å². The molecule has 0 aliphatic carbocycles. The van der Waals surface area contributed by atoms with Gasteiger partial charge >= 0.3 is 0 Å². The summed E-state index contributed by atoms with van der Waals surface area (Å²) in [5, 5.41) is 6.15. The first-order chi connectivity index (χ1) is 10.7. The van der Waals surface area contributed by atoms with Crippen LogP contribution >= 0.6 is 11.3 Å². The van der Waals surface area contributed by atoms with Crippen LogP contribution in [0.15, 0.2) is 47.8 Å². The SMILES string of the molecule is COc1ccc(C)cc1Nc1nc(-c2cccc(N)c2)cs1. The fraction of sp³-hybridized carbons (Fsp3) is 0.118. The maximum Gasteiger partial charge on any atom is 0.187 e. The van der Waals surface area contributed by atoms with Gasteiger partial charge in [-0.25, -0.2) is 4.98 Å². The third-order valence-electron chi connectivity index (χ3n) is 3.28. The Morgan fingerprint density at radius 2 is 2.05 bits per heavy atom. The standard InChI is InChI=1S/C17H17N3OS/c1-11-6-7-16(21-2)14(8-11)19-17-20-15(10-22-17)12-4-3-5-13(18)9-12/h3-10H,18H2,1-2H3,(H,19,20). The highest BCUT2D eigenvalue weighted by Gasteiger charge is 2.08. The number of aryl methyl sites for hydroxylation is 1. The second-order valence-corrected chi connectivity index (χ2v) is 5.85. The van der Waals surface area contributed by atoms with E-state index in [0.29, 0.717) is 0 Å². The van der Waals surface area contributed by atoms with Gasteiger partial charge in [0.05, 0.1) is 18.5 Å². The maximum absolute atomic E-state index is 5.82. The van der Waals surface area contributed by atoms with Crippen LogP contribution in [-0.4, -0.2) is 12.1 Å². The molecule has 0 aliphatic heterocycles. The Bertz CT molecular complexity index is 798. The lowest BCUT2D eigenvalue weighted by molar-refractivity contribution is 0.416. The molecule has 3 N–H and O–H groups in total. The lowest BCUT2D eigenvalue weighted by atomic mass is 10.1. The highest BCUT2D eigenvalue weighted by molar-refractivity contribution is 7.14. The van der Waals surface area contributed by atoms with Crippen LogP contribution in [-0.2, 0) is 0 Å². The number of methoxy groups -OCH3 is 1. The number of hydrogen-bond acceptors (Lipinski definition) is 5. The van der Waals surface area contributed by atoms with Crippen LogP contribution in [0.5, 0.6) is 5.75 Å². The van der Waals surface area contributed by atoms with Crippen molar-refractivity contribution in [1.82, 2.24) is 4.98 Å². The van der Waals surface area contributed by atoms with Gasteiger partial charge in [-0.1, -0.05) is 18.2 Å². The second-order valence-electron chi connectivity index (χ2n) is 4.99. The molecule has 22 heavy (non-hydrogen) atoms. The summed E-state index contributed by atoms with van der Waals surface area (Å²) < 4.78 is 5.38. The lowest BCUT2D eigenvalue weighted by Crippen LogP contribution is -1.95. The lowest BCUT2D eigenvalue weighted by Gasteiger charge is -2.09. The summed E-state index contributed by atoms with van der Waals surface area (Å²) in [5.41, 5.74) is 10.6. The fourth-order valence-electron chi connectivity index (χ4n) is 2.20. The number of aromatic nitrogens is 1. The molecule has 1 heterocycles. The molecule has 0 atom stereocenters. The molecule has 3 aromatic rings. The van der Waals surface area contributed by atoms with Gasteiger partial charge in [0.2, 0.25) is 0 Å². The molecule has 112 valence electrons. The normalized spacial score (nSPS) is 10.5. The monoisotopic (exact) mass is 311 g/mol. The molecule has 0 unspecified atom stereocenters. The van der Waals surface area contributed by atoms with Crippen LogP contribution in [0.3, 0.4) is 0 Å². The molecule has 2 aromatic carbocycles. The highest BCUT2D eigenvalue weighted by atomic mass is 32.1. The molecule has 0 aliphatic rings. The molecule has 3 rings (SSSR count). The second kappa shape index (κ2) is 6.07. The van der Waals surface area contributed by atoms with Crippen molar-refractivity contribution < 1.29 is 4.74 Å². The highest BCUT2D eigenvalue weighted by Crippen LogP contribution is 2.32. The molecular formula is C17H17N3OS. The van der Waals surface area contributed by atoms with E-state index in [1.54, 1.807) is 18.4 Å². The quantitative estimate of drug-likeness (QED) is 0.699. The predicted octanol–water partition coefficient (Wildman–Crippen LogP) is 4.45. The van der Waals surface area contributed by atoms with Gasteiger partial charge in [-0.2, -0.15) is 0 Å². The zero-order chi connectivity index (χ0) is 15.5. The fourth-order valence-corrected chi connectivity index (χ4v) is 2.93. The Kier molecular flexibility index (Phi) is 3.98. The van der Waals surface area contributed by atoms with Crippen LogP contribution in [0, 0.1) is 6.92 Å². The molecule has 0 fully saturated rings. The van der Waals surface area contributed by atoms with E-state index in [2.05, 4.69) is 10.3 Å². The number of anilines is 3. The smallest absolute Gasteiger partial charge is 0.187 e. The summed E-state index contributed by atoms with van der Waals surface area (Å²) in [5.74, 6) is 0.798. The molecule has 0 saturated carbocycles. The van der Waals surface area contributed by atoms with Gasteiger partial charge in [0.1, 0.15) is 5.75 Å². The maximum atomic E-state index is 5.82. The minimum absolute atomic E-state index is 0.736. The molecule has 5 heteroatoms. The summed E-state index contributed by atoms with van der Waals surface area (Å²) in [7, 11) is 1.66. The van der Waals surface area contributed by atoms with Crippen LogP contribution in [0.1, 0.15) is 5.56 Å². The number of rotatable bonds is 4. The van der Waals surface area contributed by atoms with E-state index < -0.39 is 0 Å². The number of nitrogens with zero attached hydrogens (tertiary/aromatic N) is 1. The number of thiazole rings is 1. The van der Waals surface area contributed by atoms with Gasteiger partial charge in [-0.15, -0.1) is 11.3 Å². The average molecular weight is 311 g/mol. The van der Waals surface area contributed by atoms with Crippen molar-refractivity contribution in [2.24, 2.45) is 0 Å². The van der Waals surface area contributed by atoms with Gasteiger partial charge in [0.15, 0.2) is 5.13 Å². The summed E-state index contributed by atoms with van der Waals surface area (Å²) in [6, 6.07) is 13.7. The van der Waals surface area contributed by atoms with Gasteiger partial charge < -0.3 is 15.8 Å². The molecule has 0 spiro atoms. The summed E-state index contributed by atoms with van der Waals surface area (Å²) in [6.07, 6.45) is 0. The largest absolute Gasteiger partial charge is 0.495 e. The van der Waals surface area contributed by atoms with Crippen LogP contribution in [0.2, 0.25) is 0 Å². The van der Waals surface area contributed by atoms with E-state index in [9.17, 15) is 0 Å². The number of nitrogen functional groups attached to an aromatic ring is 1. The molecular weight excluding hydrogens is 294 g/mol. The number of benzene rings is 2. The van der Waals surface area contributed by atoms with E-state index in [1.807, 2.05) is 54.8 Å². The zero-order valence-electron chi connectivity index (χ0n) is 12.5. The first-order valence-corrected chi connectivity index (χ1v) is 7.77. The molecule has 0 radical (unpaired) electrons. The number of ether oxygens (including phenoxy) is 1. The zero-order valence-corrected chi connectivity index (χ0v) is 13.3. The Balaban J connectivity index is 1.87. The Labute approximate surface area is 133 Å². The Morgan fingerprint density at radius 1 is 1.18 bits per heavy atom. The molecule has 0 saturated heterocycles. The van der Waals surface area contributed by atoms with Crippen LogP contribution in [0.4, 0.5) is 16.5 Å². The van der Waals surface area contributed by atoms with Crippen molar-refractivity contribution in [3.05, 3.63) is 53.4 Å². The summed E-state index contributed by atoms with van der Waals surface area (Å²) >= 11 is 1.55. The van der Waals surface area contributed by atoms with Crippen LogP contribution < -0.4 is 15.8 Å². The van der Waals surface area contributed by atoms with Crippen LogP contribution in [0.25, 0.3) is 11.3 Å². The third-order valence-corrected chi connectivity index (χ3v) is 4.04. The van der Waals surface area contributed by atoms with Gasteiger partial charge in [0.25, 0.3) is 0 Å². The number of hydrogen-bond donors (Lipinski definition) is 2. The predicted molar refractivity (Wildman–Crippen MR) is 93.0 cm³/mol. The van der Waals surface area contributed by atoms with Crippen molar-refractivity contribution in [3.63, 3.8) is 0 Å². The summed E-state index contributed by atoms with van der Waals surface area (Å²) in [4.78, 5) is 4.62. The third kappa shape index (κ3) is 3.04. The molecule has 1 aromatic heterocycles. The van der Waals surface area contributed by atoms with E-state index in [1.165, 1.54) is 0 Å². The van der Waals surface area contributed by atoms with Crippen molar-refractivity contribution in [3.8, 4) is 17.0 Å². The van der Waals surface area contributed by atoms with E-state index in [4.69, 9.17) is 10.5 Å². The minimum atomic E-state index is 0.736. The van der Waals surface area contributed by atoms with Crippen molar-refractivity contribution in [1.29, 1.82) is 0 Å². The summed E-state index contributed by atoms with van der Waals surface area (Å²) in [6.45, 7) is 2.05. The van der Waals surface area contributed by atoms with E-state index in [-0.39, 0.29) is 0 Å². The minimum Gasteiger partial charge on any atom is -0.495 e.